The van der Waals surface area contributed by atoms with E-state index >= 15 is 0 Å². The lowest BCUT2D eigenvalue weighted by Gasteiger charge is -2.25. The Morgan fingerprint density at radius 3 is 2.81 bits per heavy atom. The van der Waals surface area contributed by atoms with Crippen LogP contribution in [-0.4, -0.2) is 39.3 Å². The number of amides is 2. The summed E-state index contributed by atoms with van der Waals surface area (Å²) in [5, 5.41) is 2.88. The van der Waals surface area contributed by atoms with Gasteiger partial charge in [0.1, 0.15) is 11.9 Å². The van der Waals surface area contributed by atoms with Crippen molar-refractivity contribution in [3.05, 3.63) is 46.4 Å². The van der Waals surface area contributed by atoms with Gasteiger partial charge >= 0.3 is 0 Å². The number of hydrogen-bond donors (Lipinski definition) is 2. The SMILES string of the molecule is CC[C@@H](C(=O)Nc1cccc(-c2nc(C)cc(=O)[nH]2)c1)N1CCCC1=O. The molecule has 26 heavy (non-hydrogen) atoms. The standard InChI is InChI=1S/C19H22N4O3/c1-3-15(23-9-5-8-17(23)25)19(26)21-14-7-4-6-13(11-14)18-20-12(2)10-16(24)22-18/h4,6-7,10-11,15H,3,5,8-9H2,1-2H3,(H,21,26)(H,20,22,24)/t15-/m0/s1. The average Bonchev–Trinajstić information content (AvgIpc) is 3.01. The van der Waals surface area contributed by atoms with Gasteiger partial charge in [0.05, 0.1) is 0 Å². The van der Waals surface area contributed by atoms with E-state index in [1.165, 1.54) is 6.07 Å². The summed E-state index contributed by atoms with van der Waals surface area (Å²) >= 11 is 0. The van der Waals surface area contributed by atoms with Gasteiger partial charge in [0.25, 0.3) is 5.56 Å². The number of benzene rings is 1. The highest BCUT2D eigenvalue weighted by atomic mass is 16.2. The Bertz CT molecular complexity index is 890. The van der Waals surface area contributed by atoms with Gasteiger partial charge in [-0.3, -0.25) is 14.4 Å². The predicted octanol–water partition coefficient (Wildman–Crippen LogP) is 2.08. The van der Waals surface area contributed by atoms with Gasteiger partial charge in [-0.25, -0.2) is 4.98 Å². The van der Waals surface area contributed by atoms with Crippen LogP contribution in [-0.2, 0) is 9.59 Å². The van der Waals surface area contributed by atoms with Crippen molar-refractivity contribution in [3.8, 4) is 11.4 Å². The number of anilines is 1. The van der Waals surface area contributed by atoms with E-state index in [1.807, 2.05) is 13.0 Å². The van der Waals surface area contributed by atoms with Crippen LogP contribution in [0.3, 0.4) is 0 Å². The molecule has 7 heteroatoms. The quantitative estimate of drug-likeness (QED) is 0.859. The Labute approximate surface area is 151 Å². The second-order valence-corrected chi connectivity index (χ2v) is 6.42. The van der Waals surface area contributed by atoms with Crippen molar-refractivity contribution in [3.63, 3.8) is 0 Å². The molecule has 2 heterocycles. The van der Waals surface area contributed by atoms with E-state index in [-0.39, 0.29) is 17.4 Å². The Hall–Kier alpha value is -2.96. The number of rotatable bonds is 5. The summed E-state index contributed by atoms with van der Waals surface area (Å²) in [7, 11) is 0. The number of aromatic amines is 1. The van der Waals surface area contributed by atoms with E-state index in [0.29, 0.717) is 42.2 Å². The van der Waals surface area contributed by atoms with Gasteiger partial charge in [-0.1, -0.05) is 19.1 Å². The zero-order valence-electron chi connectivity index (χ0n) is 14.9. The first-order valence-corrected chi connectivity index (χ1v) is 8.76. The van der Waals surface area contributed by atoms with Crippen LogP contribution in [0.1, 0.15) is 31.9 Å². The largest absolute Gasteiger partial charge is 0.331 e. The minimum Gasteiger partial charge on any atom is -0.331 e. The van der Waals surface area contributed by atoms with Crippen molar-refractivity contribution in [2.75, 3.05) is 11.9 Å². The van der Waals surface area contributed by atoms with Gasteiger partial charge in [0, 0.05) is 36.0 Å². The lowest BCUT2D eigenvalue weighted by Crippen LogP contribution is -2.44. The molecular weight excluding hydrogens is 332 g/mol. The van der Waals surface area contributed by atoms with Gasteiger partial charge in [-0.05, 0) is 31.9 Å². The van der Waals surface area contributed by atoms with Gasteiger partial charge in [0.15, 0.2) is 0 Å². The molecule has 1 fully saturated rings. The van der Waals surface area contributed by atoms with Crippen molar-refractivity contribution in [2.45, 2.75) is 39.2 Å². The number of H-pyrrole nitrogens is 1. The van der Waals surface area contributed by atoms with Gasteiger partial charge < -0.3 is 15.2 Å². The summed E-state index contributed by atoms with van der Waals surface area (Å²) in [4.78, 5) is 44.9. The van der Waals surface area contributed by atoms with E-state index in [1.54, 1.807) is 30.0 Å². The second-order valence-electron chi connectivity index (χ2n) is 6.42. The van der Waals surface area contributed by atoms with E-state index in [0.717, 1.165) is 6.42 Å². The maximum atomic E-state index is 12.7. The minimum atomic E-state index is -0.467. The molecule has 1 aromatic heterocycles. The van der Waals surface area contributed by atoms with Crippen LogP contribution in [0.15, 0.2) is 35.1 Å². The molecule has 0 aliphatic carbocycles. The number of nitrogens with zero attached hydrogens (tertiary/aromatic N) is 2. The molecule has 136 valence electrons. The van der Waals surface area contributed by atoms with Gasteiger partial charge in [0.2, 0.25) is 11.8 Å². The Morgan fingerprint density at radius 2 is 2.15 bits per heavy atom. The molecule has 0 spiro atoms. The lowest BCUT2D eigenvalue weighted by molar-refractivity contribution is -0.135. The maximum absolute atomic E-state index is 12.7. The molecule has 0 bridgehead atoms. The van der Waals surface area contributed by atoms with Crippen LogP contribution in [0, 0.1) is 6.92 Å². The first kappa shape index (κ1) is 17.8. The van der Waals surface area contributed by atoms with Crippen molar-refractivity contribution in [2.24, 2.45) is 0 Å². The molecule has 1 aliphatic heterocycles. The molecule has 2 N–H and O–H groups in total. The fourth-order valence-electron chi connectivity index (χ4n) is 3.23. The molecule has 1 aromatic carbocycles. The maximum Gasteiger partial charge on any atom is 0.251 e. The predicted molar refractivity (Wildman–Crippen MR) is 98.7 cm³/mol. The summed E-state index contributed by atoms with van der Waals surface area (Å²) in [6, 6.07) is 8.09. The molecule has 1 aliphatic rings. The summed E-state index contributed by atoms with van der Waals surface area (Å²) < 4.78 is 0. The van der Waals surface area contributed by atoms with Crippen molar-refractivity contribution in [1.82, 2.24) is 14.9 Å². The number of carbonyl (C=O) groups excluding carboxylic acids is 2. The zero-order valence-corrected chi connectivity index (χ0v) is 14.9. The summed E-state index contributed by atoms with van der Waals surface area (Å²) in [6.07, 6.45) is 1.86. The number of hydrogen-bond acceptors (Lipinski definition) is 4. The molecule has 1 atom stereocenters. The molecule has 7 nitrogen and oxygen atoms in total. The number of aryl methyl sites for hydroxylation is 1. The van der Waals surface area contributed by atoms with Crippen LogP contribution in [0.5, 0.6) is 0 Å². The van der Waals surface area contributed by atoms with Crippen LogP contribution in [0.2, 0.25) is 0 Å². The normalized spacial score (nSPS) is 15.2. The number of carbonyl (C=O) groups is 2. The van der Waals surface area contributed by atoms with Crippen molar-refractivity contribution in [1.29, 1.82) is 0 Å². The fourth-order valence-corrected chi connectivity index (χ4v) is 3.23. The third kappa shape index (κ3) is 3.82. The molecule has 0 radical (unpaired) electrons. The molecular formula is C19H22N4O3. The lowest BCUT2D eigenvalue weighted by atomic mass is 10.1. The Balaban J connectivity index is 1.80. The number of nitrogens with one attached hydrogen (secondary N) is 2. The molecule has 2 amide bonds. The monoisotopic (exact) mass is 354 g/mol. The Kier molecular flexibility index (Phi) is 5.16. The van der Waals surface area contributed by atoms with E-state index in [4.69, 9.17) is 0 Å². The van der Waals surface area contributed by atoms with E-state index in [2.05, 4.69) is 15.3 Å². The molecule has 3 rings (SSSR count). The first-order chi connectivity index (χ1) is 12.5. The highest BCUT2D eigenvalue weighted by molar-refractivity contribution is 5.97. The van der Waals surface area contributed by atoms with E-state index in [9.17, 15) is 14.4 Å². The van der Waals surface area contributed by atoms with Gasteiger partial charge in [-0.15, -0.1) is 0 Å². The third-order valence-corrected chi connectivity index (χ3v) is 4.45. The van der Waals surface area contributed by atoms with Crippen LogP contribution < -0.4 is 10.9 Å². The summed E-state index contributed by atoms with van der Waals surface area (Å²) in [6.45, 7) is 4.27. The van der Waals surface area contributed by atoms with Crippen molar-refractivity contribution >= 4 is 17.5 Å². The number of aromatic nitrogens is 2. The molecule has 2 aromatic rings. The van der Waals surface area contributed by atoms with Crippen molar-refractivity contribution < 1.29 is 9.59 Å². The summed E-state index contributed by atoms with van der Waals surface area (Å²) in [5.41, 5.74) is 1.70. The minimum absolute atomic E-state index is 0.0299. The van der Waals surface area contributed by atoms with Crippen LogP contribution in [0.25, 0.3) is 11.4 Å². The smallest absolute Gasteiger partial charge is 0.251 e. The number of likely N-dealkylation sites (tertiary alicyclic amines) is 1. The molecule has 0 unspecified atom stereocenters. The second kappa shape index (κ2) is 7.51. The van der Waals surface area contributed by atoms with Crippen LogP contribution in [0.4, 0.5) is 5.69 Å². The van der Waals surface area contributed by atoms with E-state index < -0.39 is 6.04 Å². The Morgan fingerprint density at radius 1 is 1.35 bits per heavy atom. The van der Waals surface area contributed by atoms with Gasteiger partial charge in [-0.2, -0.15) is 0 Å². The highest BCUT2D eigenvalue weighted by Crippen LogP contribution is 2.21. The highest BCUT2D eigenvalue weighted by Gasteiger charge is 2.31. The zero-order chi connectivity index (χ0) is 18.7. The average molecular weight is 354 g/mol. The van der Waals surface area contributed by atoms with Crippen LogP contribution >= 0.6 is 0 Å². The summed E-state index contributed by atoms with van der Waals surface area (Å²) in [5.74, 6) is 0.278. The third-order valence-electron chi connectivity index (χ3n) is 4.45. The molecule has 0 saturated carbocycles. The fraction of sp³-hybridized carbons (Fsp3) is 0.368. The molecule has 1 saturated heterocycles. The topological polar surface area (TPSA) is 95.2 Å². The first-order valence-electron chi connectivity index (χ1n) is 8.76.